The van der Waals surface area contributed by atoms with Gasteiger partial charge in [-0.1, -0.05) is 109 Å². The topological polar surface area (TPSA) is 46.0 Å². The summed E-state index contributed by atoms with van der Waals surface area (Å²) in [6, 6.07) is 37.6. The summed E-state index contributed by atoms with van der Waals surface area (Å²) in [4.78, 5) is 9.22. The molecule has 4 heterocycles. The third-order valence-electron chi connectivity index (χ3n) is 9.57. The molecular formula is C47H45N5OPt+2. The Morgan fingerprint density at radius 2 is 1.41 bits per heavy atom. The summed E-state index contributed by atoms with van der Waals surface area (Å²) in [7, 11) is 0. The van der Waals surface area contributed by atoms with E-state index in [1.807, 2.05) is 77.6 Å². The van der Waals surface area contributed by atoms with Gasteiger partial charge in [0.2, 0.25) is 5.69 Å². The Hall–Kier alpha value is -5.15. The monoisotopic (exact) mass is 899 g/mol. The number of fused-ring (bicyclic) bond motifs is 4. The predicted octanol–water partition coefficient (Wildman–Crippen LogP) is 11.7. The second-order valence-electron chi connectivity index (χ2n) is 15.5. The van der Waals surface area contributed by atoms with E-state index in [2.05, 4.69) is 75.3 Å². The molecule has 272 valence electrons. The van der Waals surface area contributed by atoms with Crippen molar-refractivity contribution in [2.45, 2.75) is 78.3 Å². The molecule has 6 nitrogen and oxygen atoms in total. The molecule has 0 amide bonds. The third-order valence-corrected chi connectivity index (χ3v) is 9.57. The van der Waals surface area contributed by atoms with E-state index in [0.29, 0.717) is 22.9 Å². The van der Waals surface area contributed by atoms with Crippen LogP contribution in [-0.2, 0) is 37.3 Å². The predicted molar refractivity (Wildman–Crippen MR) is 217 cm³/mol. The fourth-order valence-corrected chi connectivity index (χ4v) is 6.62. The zero-order chi connectivity index (χ0) is 44.8. The average Bonchev–Trinajstić information content (AvgIpc) is 3.72. The van der Waals surface area contributed by atoms with E-state index in [-0.39, 0.29) is 37.5 Å². The normalized spacial score (nSPS) is 16.2. The maximum Gasteiger partial charge on any atom is 2.00 e. The van der Waals surface area contributed by atoms with Crippen molar-refractivity contribution < 1.29 is 38.1 Å². The third kappa shape index (κ3) is 6.86. The van der Waals surface area contributed by atoms with Crippen LogP contribution in [0.2, 0.25) is 0 Å². The van der Waals surface area contributed by atoms with Gasteiger partial charge in [-0.05, 0) is 55.5 Å². The van der Waals surface area contributed by atoms with Gasteiger partial charge < -0.3 is 9.30 Å². The molecule has 0 atom stereocenters. The van der Waals surface area contributed by atoms with Crippen molar-refractivity contribution in [2.24, 2.45) is 0 Å². The Labute approximate surface area is 345 Å². The summed E-state index contributed by atoms with van der Waals surface area (Å²) < 4.78 is 85.8. The summed E-state index contributed by atoms with van der Waals surface area (Å²) >= 11 is 0. The number of nitrogens with zero attached hydrogens (tertiary/aromatic N) is 5. The molecule has 0 spiro atoms. The maximum absolute atomic E-state index is 8.17. The smallest absolute Gasteiger partial charge is 0.509 e. The van der Waals surface area contributed by atoms with Gasteiger partial charge in [-0.25, -0.2) is 4.98 Å². The molecular weight excluding hydrogens is 846 g/mol. The summed E-state index contributed by atoms with van der Waals surface area (Å²) in [6.07, 6.45) is 5.43. The van der Waals surface area contributed by atoms with Crippen molar-refractivity contribution in [3.05, 3.63) is 138 Å². The van der Waals surface area contributed by atoms with Gasteiger partial charge in [-0.3, -0.25) is 4.98 Å². The molecule has 4 aromatic carbocycles. The number of pyridine rings is 2. The van der Waals surface area contributed by atoms with E-state index < -0.39 is 26.0 Å². The minimum atomic E-state index is -3.37. The van der Waals surface area contributed by atoms with E-state index >= 15 is 0 Å². The number of hydrogen-bond acceptors (Lipinski definition) is 3. The molecule has 7 aromatic rings. The SMILES string of the molecule is [2H]C([2H])([2H])C(c1ccc([N+]2=C=[N+](c3[c-]c(Oc4[c-]c5c(cc4)c4ccncc4n5-c4cc(C(C)(C)C)ccn4)cc(C(C)(C)C)c3)c3ccccc32)cc1)(C([2H])([2H])[2H])C([2H])([2H])[2H].[Pt+2]. The second kappa shape index (κ2) is 13.6. The van der Waals surface area contributed by atoms with Gasteiger partial charge >= 0.3 is 27.1 Å². The summed E-state index contributed by atoms with van der Waals surface area (Å²) in [5, 5.41) is 1.98. The average molecular weight is 900 g/mol. The first-order valence-electron chi connectivity index (χ1n) is 22.0. The molecule has 54 heavy (non-hydrogen) atoms. The van der Waals surface area contributed by atoms with Crippen LogP contribution >= 0.6 is 0 Å². The molecule has 1 aliphatic heterocycles. The van der Waals surface area contributed by atoms with Crippen molar-refractivity contribution in [1.29, 1.82) is 0 Å². The Balaban J connectivity index is 0.00000595. The van der Waals surface area contributed by atoms with Gasteiger partial charge in [0, 0.05) is 60.5 Å². The van der Waals surface area contributed by atoms with Crippen LogP contribution in [-0.4, -0.2) is 20.5 Å². The van der Waals surface area contributed by atoms with Crippen molar-refractivity contribution in [3.63, 3.8) is 0 Å². The van der Waals surface area contributed by atoms with E-state index in [1.165, 1.54) is 24.3 Å². The number of benzene rings is 4. The number of ether oxygens (including phenoxy) is 1. The zero-order valence-electron chi connectivity index (χ0n) is 39.9. The van der Waals surface area contributed by atoms with Gasteiger partial charge in [0.1, 0.15) is 11.5 Å². The van der Waals surface area contributed by atoms with Crippen LogP contribution in [0, 0.1) is 12.1 Å². The molecule has 0 bridgehead atoms. The molecule has 0 saturated heterocycles. The largest absolute Gasteiger partial charge is 2.00 e. The van der Waals surface area contributed by atoms with Crippen molar-refractivity contribution in [3.8, 4) is 17.3 Å². The van der Waals surface area contributed by atoms with Crippen molar-refractivity contribution in [2.75, 3.05) is 0 Å². The molecule has 3 aromatic heterocycles. The maximum atomic E-state index is 8.17. The van der Waals surface area contributed by atoms with Gasteiger partial charge in [-0.2, -0.15) is 6.07 Å². The van der Waals surface area contributed by atoms with Crippen LogP contribution < -0.4 is 13.9 Å². The van der Waals surface area contributed by atoms with Crippen LogP contribution in [0.5, 0.6) is 11.5 Å². The molecule has 0 unspecified atom stereocenters. The molecule has 0 radical (unpaired) electrons. The summed E-state index contributed by atoms with van der Waals surface area (Å²) in [5.74, 6) is 1.65. The van der Waals surface area contributed by atoms with E-state index in [9.17, 15) is 0 Å². The van der Waals surface area contributed by atoms with Crippen molar-refractivity contribution in [1.82, 2.24) is 23.7 Å². The number of aromatic nitrogens is 3. The Morgan fingerprint density at radius 3 is 2.11 bits per heavy atom. The minimum absolute atomic E-state index is 0. The molecule has 8 rings (SSSR count). The fraction of sp³-hybridized carbons (Fsp3) is 0.255. The Bertz CT molecular complexity index is 2930. The fourth-order valence-electron chi connectivity index (χ4n) is 6.62. The van der Waals surface area contributed by atoms with Crippen LogP contribution in [0.3, 0.4) is 0 Å². The molecule has 0 saturated carbocycles. The van der Waals surface area contributed by atoms with Gasteiger partial charge in [0.25, 0.3) is 11.4 Å². The zero-order valence-corrected chi connectivity index (χ0v) is 33.1. The number of rotatable bonds is 5. The van der Waals surface area contributed by atoms with E-state index in [4.69, 9.17) is 22.1 Å². The van der Waals surface area contributed by atoms with Gasteiger partial charge in [-0.15, -0.1) is 29.1 Å². The Kier molecular flexibility index (Phi) is 6.91. The van der Waals surface area contributed by atoms with Gasteiger partial charge in [0.15, 0.2) is 0 Å². The molecule has 1 aliphatic rings. The van der Waals surface area contributed by atoms with Gasteiger partial charge in [0.05, 0.1) is 11.7 Å². The quantitative estimate of drug-likeness (QED) is 0.128. The Morgan fingerprint density at radius 1 is 0.685 bits per heavy atom. The molecule has 0 fully saturated rings. The standard InChI is InChI=1S/C47H45N5O.Pt/c1-45(2,3)31-14-16-34(17-15-31)50-30-51(41-13-11-10-12-40(41)50)35-24-33(47(7,8)9)25-37(27-35)53-36-18-19-38-39-21-22-48-29-43(39)52(42(38)28-36)44-26-32(20-23-49-44)46(4,5)6;/h10-26,29H,1-9H3;/q;+2/i1D3,2D3,3D3;. The van der Waals surface area contributed by atoms with Crippen LogP contribution in [0.1, 0.15) is 91.1 Å². The van der Waals surface area contributed by atoms with Crippen molar-refractivity contribution >= 4 is 50.6 Å². The summed E-state index contributed by atoms with van der Waals surface area (Å²) in [6.45, 7) is 2.71. The number of hydrogen-bond donors (Lipinski definition) is 0. The van der Waals surface area contributed by atoms with E-state index in [0.717, 1.165) is 50.1 Å². The van der Waals surface area contributed by atoms with Crippen LogP contribution in [0.4, 0.5) is 22.7 Å². The molecule has 0 N–H and O–H groups in total. The number of para-hydroxylation sites is 2. The first-order valence-corrected chi connectivity index (χ1v) is 17.5. The van der Waals surface area contributed by atoms with Crippen LogP contribution in [0.25, 0.3) is 27.6 Å². The summed E-state index contributed by atoms with van der Waals surface area (Å²) in [5.41, 5.74) is 2.51. The molecule has 0 aliphatic carbocycles. The molecule has 7 heteroatoms. The minimum Gasteiger partial charge on any atom is -0.509 e. The first kappa shape index (κ1) is 27.4. The van der Waals surface area contributed by atoms with E-state index in [1.54, 1.807) is 10.8 Å². The van der Waals surface area contributed by atoms with Crippen LogP contribution in [0.15, 0.2) is 110 Å². The first-order chi connectivity index (χ1) is 28.9. The second-order valence-corrected chi connectivity index (χ2v) is 15.5.